The fourth-order valence-electron chi connectivity index (χ4n) is 2.90. The van der Waals surface area contributed by atoms with Crippen molar-refractivity contribution in [2.45, 2.75) is 13.5 Å². The fraction of sp³-hybridized carbons (Fsp3) is 0.368. The summed E-state index contributed by atoms with van der Waals surface area (Å²) < 4.78 is 5.20. The highest BCUT2D eigenvalue weighted by molar-refractivity contribution is 5.91. The third-order valence-electron chi connectivity index (χ3n) is 4.38. The first-order valence-corrected chi connectivity index (χ1v) is 8.51. The van der Waals surface area contributed by atoms with E-state index < -0.39 is 0 Å². The Kier molecular flexibility index (Phi) is 5.38. The average molecular weight is 340 g/mol. The van der Waals surface area contributed by atoms with Gasteiger partial charge in [-0.25, -0.2) is 0 Å². The van der Waals surface area contributed by atoms with Crippen molar-refractivity contribution in [2.75, 3.05) is 33.2 Å². The molecule has 1 N–H and O–H groups in total. The minimum Gasteiger partial charge on any atom is -0.459 e. The molecule has 0 spiro atoms. The summed E-state index contributed by atoms with van der Waals surface area (Å²) in [6.07, 6.45) is 1.53. The molecule has 0 radical (unpaired) electrons. The van der Waals surface area contributed by atoms with Gasteiger partial charge in [-0.3, -0.25) is 9.79 Å². The van der Waals surface area contributed by atoms with Crippen molar-refractivity contribution in [3.8, 4) is 0 Å². The smallest absolute Gasteiger partial charge is 0.289 e. The molecule has 1 amide bonds. The molecule has 1 aromatic carbocycles. The predicted molar refractivity (Wildman–Crippen MR) is 97.6 cm³/mol. The Morgan fingerprint density at radius 2 is 1.80 bits per heavy atom. The first kappa shape index (κ1) is 17.1. The summed E-state index contributed by atoms with van der Waals surface area (Å²) in [6, 6.07) is 11.9. The van der Waals surface area contributed by atoms with Crippen LogP contribution in [0.1, 0.15) is 21.7 Å². The largest absolute Gasteiger partial charge is 0.459 e. The average Bonchev–Trinajstić information content (AvgIpc) is 3.18. The van der Waals surface area contributed by atoms with Crippen LogP contribution in [0.25, 0.3) is 0 Å². The van der Waals surface area contributed by atoms with Crippen molar-refractivity contribution in [1.29, 1.82) is 0 Å². The number of hydrogen-bond acceptors (Lipinski definition) is 3. The third kappa shape index (κ3) is 4.21. The first-order valence-electron chi connectivity index (χ1n) is 8.51. The molecule has 0 aliphatic carbocycles. The van der Waals surface area contributed by atoms with Gasteiger partial charge < -0.3 is 19.5 Å². The predicted octanol–water partition coefficient (Wildman–Crippen LogP) is 2.12. The highest BCUT2D eigenvalue weighted by Crippen LogP contribution is 2.10. The summed E-state index contributed by atoms with van der Waals surface area (Å²) in [5.74, 6) is 1.22. The van der Waals surface area contributed by atoms with Crippen molar-refractivity contribution in [2.24, 2.45) is 4.99 Å². The van der Waals surface area contributed by atoms with Gasteiger partial charge in [-0.2, -0.15) is 0 Å². The van der Waals surface area contributed by atoms with Crippen LogP contribution in [-0.2, 0) is 6.54 Å². The van der Waals surface area contributed by atoms with Crippen molar-refractivity contribution in [3.05, 3.63) is 59.5 Å². The maximum absolute atomic E-state index is 12.3. The lowest BCUT2D eigenvalue weighted by Crippen LogP contribution is -2.53. The Morgan fingerprint density at radius 1 is 1.12 bits per heavy atom. The lowest BCUT2D eigenvalue weighted by Gasteiger charge is -2.36. The summed E-state index contributed by atoms with van der Waals surface area (Å²) in [4.78, 5) is 20.7. The number of carbonyl (C=O) groups is 1. The van der Waals surface area contributed by atoms with Gasteiger partial charge in [0.05, 0.1) is 6.26 Å². The molecule has 0 bridgehead atoms. The molecule has 2 heterocycles. The number of nitrogens with one attached hydrogen (secondary N) is 1. The zero-order valence-corrected chi connectivity index (χ0v) is 14.7. The number of guanidine groups is 1. The normalized spacial score (nSPS) is 15.4. The Morgan fingerprint density at radius 3 is 2.40 bits per heavy atom. The van der Waals surface area contributed by atoms with Crippen LogP contribution < -0.4 is 5.32 Å². The van der Waals surface area contributed by atoms with E-state index in [4.69, 9.17) is 4.42 Å². The zero-order chi connectivity index (χ0) is 17.6. The number of rotatable bonds is 3. The third-order valence-corrected chi connectivity index (χ3v) is 4.38. The molecule has 1 fully saturated rings. The van der Waals surface area contributed by atoms with E-state index in [9.17, 15) is 4.79 Å². The highest BCUT2D eigenvalue weighted by atomic mass is 16.3. The Balaban J connectivity index is 1.52. The van der Waals surface area contributed by atoms with Crippen LogP contribution in [0.3, 0.4) is 0 Å². The monoisotopic (exact) mass is 340 g/mol. The second-order valence-corrected chi connectivity index (χ2v) is 6.14. The maximum atomic E-state index is 12.3. The van der Waals surface area contributed by atoms with Gasteiger partial charge in [-0.1, -0.05) is 29.8 Å². The quantitative estimate of drug-likeness (QED) is 0.687. The molecule has 132 valence electrons. The van der Waals surface area contributed by atoms with E-state index in [2.05, 4.69) is 46.4 Å². The molecule has 2 aromatic rings. The number of amides is 1. The minimum absolute atomic E-state index is 0.0488. The van der Waals surface area contributed by atoms with Gasteiger partial charge in [-0.05, 0) is 24.6 Å². The number of aryl methyl sites for hydroxylation is 1. The Labute approximate surface area is 148 Å². The first-order chi connectivity index (χ1) is 12.2. The molecule has 3 rings (SSSR count). The maximum Gasteiger partial charge on any atom is 0.289 e. The molecule has 1 aliphatic rings. The van der Waals surface area contributed by atoms with Crippen LogP contribution in [0.2, 0.25) is 0 Å². The summed E-state index contributed by atoms with van der Waals surface area (Å²) in [5, 5.41) is 3.40. The van der Waals surface area contributed by atoms with Crippen LogP contribution in [0.4, 0.5) is 0 Å². The van der Waals surface area contributed by atoms with Gasteiger partial charge in [0.25, 0.3) is 5.91 Å². The SMILES string of the molecule is CN=C(NCc1ccc(C)cc1)N1CCN(C(=O)c2ccco2)CC1. The van der Waals surface area contributed by atoms with Gasteiger partial charge in [0.2, 0.25) is 0 Å². The molecule has 1 aromatic heterocycles. The standard InChI is InChI=1S/C19H24N4O2/c1-15-5-7-16(8-6-15)14-21-19(20-2)23-11-9-22(10-12-23)18(24)17-4-3-13-25-17/h3-8,13H,9-12,14H2,1-2H3,(H,20,21). The molecule has 1 aliphatic heterocycles. The number of carbonyl (C=O) groups excluding carboxylic acids is 1. The second kappa shape index (κ2) is 7.88. The topological polar surface area (TPSA) is 61.1 Å². The molecule has 6 heteroatoms. The molecule has 0 unspecified atom stereocenters. The van der Waals surface area contributed by atoms with E-state index in [1.54, 1.807) is 19.2 Å². The van der Waals surface area contributed by atoms with E-state index in [0.29, 0.717) is 18.8 Å². The lowest BCUT2D eigenvalue weighted by atomic mass is 10.1. The van der Waals surface area contributed by atoms with E-state index in [0.717, 1.165) is 25.6 Å². The molecular formula is C19H24N4O2. The van der Waals surface area contributed by atoms with Crippen molar-refractivity contribution in [3.63, 3.8) is 0 Å². The van der Waals surface area contributed by atoms with Crippen LogP contribution >= 0.6 is 0 Å². The van der Waals surface area contributed by atoms with Gasteiger partial charge >= 0.3 is 0 Å². The van der Waals surface area contributed by atoms with Gasteiger partial charge in [0.1, 0.15) is 0 Å². The van der Waals surface area contributed by atoms with Crippen LogP contribution in [0, 0.1) is 6.92 Å². The van der Waals surface area contributed by atoms with E-state index in [1.165, 1.54) is 17.4 Å². The second-order valence-electron chi connectivity index (χ2n) is 6.14. The minimum atomic E-state index is -0.0488. The van der Waals surface area contributed by atoms with Gasteiger partial charge in [0.15, 0.2) is 11.7 Å². The summed E-state index contributed by atoms with van der Waals surface area (Å²) in [6.45, 7) is 5.63. The van der Waals surface area contributed by atoms with Crippen LogP contribution in [0.15, 0.2) is 52.1 Å². The molecule has 6 nitrogen and oxygen atoms in total. The molecular weight excluding hydrogens is 316 g/mol. The Hall–Kier alpha value is -2.76. The number of hydrogen-bond donors (Lipinski definition) is 1. The summed E-state index contributed by atoms with van der Waals surface area (Å²) >= 11 is 0. The number of aliphatic imine (C=N–C) groups is 1. The zero-order valence-electron chi connectivity index (χ0n) is 14.7. The number of piperazine rings is 1. The van der Waals surface area contributed by atoms with Crippen molar-refractivity contribution < 1.29 is 9.21 Å². The molecule has 1 saturated heterocycles. The van der Waals surface area contributed by atoms with Crippen molar-refractivity contribution in [1.82, 2.24) is 15.1 Å². The van der Waals surface area contributed by atoms with Crippen LogP contribution in [0.5, 0.6) is 0 Å². The molecule has 25 heavy (non-hydrogen) atoms. The van der Waals surface area contributed by atoms with Gasteiger partial charge in [0, 0.05) is 39.8 Å². The number of furan rings is 1. The van der Waals surface area contributed by atoms with E-state index in [-0.39, 0.29) is 5.91 Å². The highest BCUT2D eigenvalue weighted by Gasteiger charge is 2.25. The summed E-state index contributed by atoms with van der Waals surface area (Å²) in [5.41, 5.74) is 2.48. The molecule has 0 atom stereocenters. The van der Waals surface area contributed by atoms with Crippen LogP contribution in [-0.4, -0.2) is 54.9 Å². The van der Waals surface area contributed by atoms with Crippen molar-refractivity contribution >= 4 is 11.9 Å². The number of benzene rings is 1. The van der Waals surface area contributed by atoms with E-state index in [1.807, 2.05) is 4.90 Å². The number of nitrogens with zero attached hydrogens (tertiary/aromatic N) is 3. The van der Waals surface area contributed by atoms with E-state index >= 15 is 0 Å². The Bertz CT molecular complexity index is 714. The molecule has 0 saturated carbocycles. The lowest BCUT2D eigenvalue weighted by molar-refractivity contribution is 0.0657. The van der Waals surface area contributed by atoms with Gasteiger partial charge in [-0.15, -0.1) is 0 Å². The fourth-order valence-corrected chi connectivity index (χ4v) is 2.90. The summed E-state index contributed by atoms with van der Waals surface area (Å²) in [7, 11) is 1.79.